The van der Waals surface area contributed by atoms with Crippen molar-refractivity contribution < 1.29 is 14.6 Å². The predicted octanol–water partition coefficient (Wildman–Crippen LogP) is -0.258. The van der Waals surface area contributed by atoms with Crippen LogP contribution in [0.5, 0.6) is 0 Å². The van der Waals surface area contributed by atoms with Gasteiger partial charge in [-0.25, -0.2) is 0 Å². The summed E-state index contributed by atoms with van der Waals surface area (Å²) in [5.74, 6) is 0.331. The van der Waals surface area contributed by atoms with Crippen molar-refractivity contribution in [3.8, 4) is 0 Å². The molecule has 0 saturated carbocycles. The summed E-state index contributed by atoms with van der Waals surface area (Å²) < 4.78 is 5.15. The maximum Gasteiger partial charge on any atom is 0.273 e. The summed E-state index contributed by atoms with van der Waals surface area (Å²) in [4.78, 5) is 13.1. The third-order valence-corrected chi connectivity index (χ3v) is 2.97. The second-order valence-corrected chi connectivity index (χ2v) is 4.88. The van der Waals surface area contributed by atoms with Crippen molar-refractivity contribution in [1.29, 1.82) is 0 Å². The van der Waals surface area contributed by atoms with Crippen LogP contribution in [0.2, 0.25) is 0 Å². The van der Waals surface area contributed by atoms with Crippen molar-refractivity contribution in [2.75, 3.05) is 39.2 Å². The molecular formula is C12H18N4O3. The summed E-state index contributed by atoms with van der Waals surface area (Å²) in [5.41, 5.74) is -0.557. The Balaban J connectivity index is 1.93. The number of aromatic nitrogens is 2. The zero-order valence-electron chi connectivity index (χ0n) is 11.1. The van der Waals surface area contributed by atoms with Gasteiger partial charge in [0, 0.05) is 33.7 Å². The molecule has 0 aromatic carbocycles. The summed E-state index contributed by atoms with van der Waals surface area (Å²) in [6.07, 6.45) is 0.602. The van der Waals surface area contributed by atoms with E-state index in [2.05, 4.69) is 15.5 Å². The lowest BCUT2D eigenvalue weighted by Gasteiger charge is -2.20. The quantitative estimate of drug-likeness (QED) is 0.781. The van der Waals surface area contributed by atoms with Crippen molar-refractivity contribution in [2.45, 2.75) is 12.0 Å². The number of aliphatic hydroxyl groups is 1. The van der Waals surface area contributed by atoms with E-state index in [1.165, 1.54) is 4.90 Å². The van der Waals surface area contributed by atoms with Gasteiger partial charge < -0.3 is 20.1 Å². The second-order valence-electron chi connectivity index (χ2n) is 4.88. The molecule has 7 nitrogen and oxygen atoms in total. The van der Waals surface area contributed by atoms with Gasteiger partial charge in [0.1, 0.15) is 11.4 Å². The fourth-order valence-electron chi connectivity index (χ4n) is 1.76. The first-order valence-electron chi connectivity index (χ1n) is 6.10. The minimum Gasteiger partial charge on any atom is -0.386 e. The van der Waals surface area contributed by atoms with Crippen molar-refractivity contribution in [3.05, 3.63) is 17.8 Å². The van der Waals surface area contributed by atoms with Gasteiger partial charge in [0.2, 0.25) is 0 Å². The Hall–Kier alpha value is -1.73. The molecule has 0 radical (unpaired) electrons. The van der Waals surface area contributed by atoms with Crippen LogP contribution in [0.1, 0.15) is 16.9 Å². The largest absolute Gasteiger partial charge is 0.386 e. The van der Waals surface area contributed by atoms with Crippen LogP contribution in [-0.2, 0) is 4.74 Å². The molecule has 1 aromatic rings. The van der Waals surface area contributed by atoms with E-state index in [9.17, 15) is 9.90 Å². The predicted molar refractivity (Wildman–Crippen MR) is 68.9 cm³/mol. The highest BCUT2D eigenvalue weighted by molar-refractivity contribution is 5.91. The molecule has 2 rings (SSSR count). The van der Waals surface area contributed by atoms with E-state index >= 15 is 0 Å². The Labute approximate surface area is 111 Å². The Morgan fingerprint density at radius 2 is 2.32 bits per heavy atom. The van der Waals surface area contributed by atoms with Gasteiger partial charge in [-0.2, -0.15) is 0 Å². The van der Waals surface area contributed by atoms with Crippen LogP contribution in [0.4, 0.5) is 5.82 Å². The lowest BCUT2D eigenvalue weighted by molar-refractivity contribution is 0.0381. The van der Waals surface area contributed by atoms with Gasteiger partial charge in [0.25, 0.3) is 5.91 Å². The fourth-order valence-corrected chi connectivity index (χ4v) is 1.76. The third kappa shape index (κ3) is 3.39. The standard InChI is InChI=1S/C12H18N4O3/c1-16(2)11(17)9-3-4-10(15-14-9)13-7-12(18)5-6-19-8-12/h3-4,18H,5-8H2,1-2H3,(H,13,15). The number of hydrogen-bond acceptors (Lipinski definition) is 6. The van der Waals surface area contributed by atoms with E-state index in [4.69, 9.17) is 4.74 Å². The molecule has 7 heteroatoms. The minimum absolute atomic E-state index is 0.193. The number of rotatable bonds is 4. The molecule has 0 aliphatic carbocycles. The summed E-state index contributed by atoms with van der Waals surface area (Å²) >= 11 is 0. The van der Waals surface area contributed by atoms with Crippen LogP contribution in [0.3, 0.4) is 0 Å². The topological polar surface area (TPSA) is 87.6 Å². The second kappa shape index (κ2) is 5.50. The first-order valence-corrected chi connectivity index (χ1v) is 6.10. The molecule has 1 unspecified atom stereocenters. The zero-order valence-corrected chi connectivity index (χ0v) is 11.1. The fraction of sp³-hybridized carbons (Fsp3) is 0.583. The number of carbonyl (C=O) groups excluding carboxylic acids is 1. The summed E-state index contributed by atoms with van der Waals surface area (Å²) in [6, 6.07) is 3.27. The highest BCUT2D eigenvalue weighted by atomic mass is 16.5. The Morgan fingerprint density at radius 3 is 2.84 bits per heavy atom. The van der Waals surface area contributed by atoms with Crippen LogP contribution < -0.4 is 5.32 Å². The van der Waals surface area contributed by atoms with Crippen LogP contribution in [0, 0.1) is 0 Å². The Morgan fingerprint density at radius 1 is 1.53 bits per heavy atom. The van der Waals surface area contributed by atoms with Gasteiger partial charge in [-0.3, -0.25) is 4.79 Å². The van der Waals surface area contributed by atoms with Gasteiger partial charge in [-0.15, -0.1) is 10.2 Å². The van der Waals surface area contributed by atoms with Crippen molar-refractivity contribution in [2.24, 2.45) is 0 Å². The number of hydrogen-bond donors (Lipinski definition) is 2. The summed E-state index contributed by atoms with van der Waals surface area (Å²) in [5, 5.41) is 20.8. The van der Waals surface area contributed by atoms with E-state index in [0.717, 1.165) is 0 Å². The van der Waals surface area contributed by atoms with Gasteiger partial charge >= 0.3 is 0 Å². The molecule has 1 aliphatic heterocycles. The van der Waals surface area contributed by atoms with E-state index in [0.29, 0.717) is 37.7 Å². The molecular weight excluding hydrogens is 248 g/mol. The molecule has 104 valence electrons. The highest BCUT2D eigenvalue weighted by Gasteiger charge is 2.32. The van der Waals surface area contributed by atoms with Crippen LogP contribution in [0.25, 0.3) is 0 Å². The normalized spacial score (nSPS) is 22.3. The summed E-state index contributed by atoms with van der Waals surface area (Å²) in [7, 11) is 3.32. The average Bonchev–Trinajstić information content (AvgIpc) is 2.83. The first kappa shape index (κ1) is 13.7. The average molecular weight is 266 g/mol. The molecule has 1 aromatic heterocycles. The molecule has 1 aliphatic rings. The van der Waals surface area contributed by atoms with E-state index in [1.807, 2.05) is 0 Å². The van der Waals surface area contributed by atoms with Crippen LogP contribution >= 0.6 is 0 Å². The third-order valence-electron chi connectivity index (χ3n) is 2.97. The maximum absolute atomic E-state index is 11.6. The van der Waals surface area contributed by atoms with Gasteiger partial charge in [-0.05, 0) is 12.1 Å². The monoisotopic (exact) mass is 266 g/mol. The number of nitrogens with one attached hydrogen (secondary N) is 1. The number of amides is 1. The minimum atomic E-state index is -0.847. The van der Waals surface area contributed by atoms with E-state index < -0.39 is 5.60 Å². The number of ether oxygens (including phenoxy) is 1. The maximum atomic E-state index is 11.6. The summed E-state index contributed by atoms with van der Waals surface area (Å²) in [6.45, 7) is 1.24. The zero-order chi connectivity index (χ0) is 13.9. The van der Waals surface area contributed by atoms with Gasteiger partial charge in [-0.1, -0.05) is 0 Å². The van der Waals surface area contributed by atoms with Gasteiger partial charge in [0.05, 0.1) is 6.61 Å². The molecule has 1 atom stereocenters. The number of nitrogens with zero attached hydrogens (tertiary/aromatic N) is 3. The Kier molecular flexibility index (Phi) is 3.96. The number of carbonyl (C=O) groups is 1. The van der Waals surface area contributed by atoms with E-state index in [1.54, 1.807) is 26.2 Å². The number of anilines is 1. The van der Waals surface area contributed by atoms with Crippen molar-refractivity contribution in [3.63, 3.8) is 0 Å². The molecule has 19 heavy (non-hydrogen) atoms. The molecule has 0 spiro atoms. The molecule has 1 fully saturated rings. The van der Waals surface area contributed by atoms with E-state index in [-0.39, 0.29) is 5.91 Å². The van der Waals surface area contributed by atoms with Crippen molar-refractivity contribution in [1.82, 2.24) is 15.1 Å². The molecule has 1 saturated heterocycles. The van der Waals surface area contributed by atoms with Crippen LogP contribution in [-0.4, -0.2) is 65.6 Å². The van der Waals surface area contributed by atoms with Crippen molar-refractivity contribution >= 4 is 11.7 Å². The van der Waals surface area contributed by atoms with Gasteiger partial charge in [0.15, 0.2) is 5.69 Å². The molecule has 0 bridgehead atoms. The highest BCUT2D eigenvalue weighted by Crippen LogP contribution is 2.18. The molecule has 1 amide bonds. The first-order chi connectivity index (χ1) is 9.00. The molecule has 2 heterocycles. The smallest absolute Gasteiger partial charge is 0.273 e. The Bertz CT molecular complexity index is 441. The van der Waals surface area contributed by atoms with Crippen LogP contribution in [0.15, 0.2) is 12.1 Å². The lowest BCUT2D eigenvalue weighted by Crippen LogP contribution is -2.37. The molecule has 2 N–H and O–H groups in total. The lowest BCUT2D eigenvalue weighted by atomic mass is 10.0. The SMILES string of the molecule is CN(C)C(=O)c1ccc(NCC2(O)CCOC2)nn1.